The van der Waals surface area contributed by atoms with Crippen molar-refractivity contribution in [2.24, 2.45) is 5.92 Å². The standard InChI is InChI=1S/C16H19N3O4/c20-10-11-3-6-18(7-4-11)12-5-8-19(15(22)9-12)13-1-2-14(21)17-16(13)23/h5,8-11,13H,1-4,6-7H2,(H,17,21,23). The largest absolute Gasteiger partial charge is 0.371 e. The maximum atomic E-state index is 12.3. The summed E-state index contributed by atoms with van der Waals surface area (Å²) in [6.45, 7) is 1.48. The molecule has 2 fully saturated rings. The first kappa shape index (κ1) is 15.5. The molecular formula is C16H19N3O4. The van der Waals surface area contributed by atoms with Gasteiger partial charge in [0.2, 0.25) is 11.8 Å². The van der Waals surface area contributed by atoms with Crippen molar-refractivity contribution in [1.82, 2.24) is 9.88 Å². The first-order chi connectivity index (χ1) is 11.1. The molecule has 1 unspecified atom stereocenters. The zero-order valence-corrected chi connectivity index (χ0v) is 12.7. The fourth-order valence-electron chi connectivity index (χ4n) is 3.17. The highest BCUT2D eigenvalue weighted by atomic mass is 16.2. The Bertz CT molecular complexity index is 689. The number of imide groups is 1. The van der Waals surface area contributed by atoms with Gasteiger partial charge in [-0.3, -0.25) is 19.7 Å². The van der Waals surface area contributed by atoms with Crippen LogP contribution in [0.4, 0.5) is 5.69 Å². The van der Waals surface area contributed by atoms with Gasteiger partial charge < -0.3 is 14.3 Å². The van der Waals surface area contributed by atoms with Gasteiger partial charge in [-0.1, -0.05) is 0 Å². The summed E-state index contributed by atoms with van der Waals surface area (Å²) in [5.74, 6) is -0.619. The van der Waals surface area contributed by atoms with E-state index in [1.165, 1.54) is 10.6 Å². The first-order valence-corrected chi connectivity index (χ1v) is 7.84. The van der Waals surface area contributed by atoms with Crippen molar-refractivity contribution in [2.45, 2.75) is 31.7 Å². The number of aromatic nitrogens is 1. The highest BCUT2D eigenvalue weighted by Gasteiger charge is 2.28. The molecule has 1 aromatic rings. The zero-order chi connectivity index (χ0) is 16.4. The van der Waals surface area contributed by atoms with Crippen LogP contribution in [0.3, 0.4) is 0 Å². The van der Waals surface area contributed by atoms with Gasteiger partial charge in [-0.2, -0.15) is 0 Å². The van der Waals surface area contributed by atoms with Crippen LogP contribution in [0.5, 0.6) is 0 Å². The highest BCUT2D eigenvalue weighted by molar-refractivity contribution is 5.99. The molecule has 3 heterocycles. The Kier molecular flexibility index (Phi) is 4.27. The van der Waals surface area contributed by atoms with E-state index in [9.17, 15) is 19.2 Å². The predicted molar refractivity (Wildman–Crippen MR) is 83.1 cm³/mol. The molecule has 2 aliphatic rings. The van der Waals surface area contributed by atoms with E-state index in [-0.39, 0.29) is 23.8 Å². The van der Waals surface area contributed by atoms with E-state index in [1.807, 2.05) is 6.07 Å². The molecule has 0 aliphatic carbocycles. The fourth-order valence-corrected chi connectivity index (χ4v) is 3.17. The third kappa shape index (κ3) is 3.18. The van der Waals surface area contributed by atoms with E-state index >= 15 is 0 Å². The molecule has 122 valence electrons. The summed E-state index contributed by atoms with van der Waals surface area (Å²) < 4.78 is 1.38. The smallest absolute Gasteiger partial charge is 0.253 e. The molecule has 1 aromatic heterocycles. The van der Waals surface area contributed by atoms with Crippen LogP contribution in [-0.2, 0) is 14.4 Å². The van der Waals surface area contributed by atoms with Crippen molar-refractivity contribution in [3.05, 3.63) is 28.7 Å². The number of nitrogens with zero attached hydrogens (tertiary/aromatic N) is 2. The number of hydrogen-bond donors (Lipinski definition) is 1. The Morgan fingerprint density at radius 3 is 2.48 bits per heavy atom. The average molecular weight is 317 g/mol. The SMILES string of the molecule is O=CC1CCN(c2ccn(C3CCC(=O)NC3=O)c(=O)c2)CC1. The number of nitrogens with one attached hydrogen (secondary N) is 1. The van der Waals surface area contributed by atoms with E-state index in [0.29, 0.717) is 6.42 Å². The Hall–Kier alpha value is -2.44. The number of piperidine rings is 2. The first-order valence-electron chi connectivity index (χ1n) is 7.84. The van der Waals surface area contributed by atoms with Crippen molar-refractivity contribution in [3.63, 3.8) is 0 Å². The van der Waals surface area contributed by atoms with Gasteiger partial charge in [-0.15, -0.1) is 0 Å². The number of amides is 2. The summed E-state index contributed by atoms with van der Waals surface area (Å²) in [6, 6.07) is 2.70. The molecule has 7 heteroatoms. The molecule has 7 nitrogen and oxygen atoms in total. The molecule has 23 heavy (non-hydrogen) atoms. The number of pyridine rings is 1. The molecule has 1 atom stereocenters. The lowest BCUT2D eigenvalue weighted by molar-refractivity contribution is -0.135. The molecule has 0 radical (unpaired) electrons. The predicted octanol–water partition coefficient (Wildman–Crippen LogP) is 0.241. The van der Waals surface area contributed by atoms with Crippen LogP contribution in [-0.4, -0.2) is 35.8 Å². The summed E-state index contributed by atoms with van der Waals surface area (Å²) in [5.41, 5.74) is 0.553. The second-order valence-corrected chi connectivity index (χ2v) is 6.06. The number of hydrogen-bond acceptors (Lipinski definition) is 5. The summed E-state index contributed by atoms with van der Waals surface area (Å²) in [5, 5.41) is 2.26. The van der Waals surface area contributed by atoms with Crippen LogP contribution in [0.25, 0.3) is 0 Å². The molecule has 0 saturated carbocycles. The van der Waals surface area contributed by atoms with Gasteiger partial charge in [-0.05, 0) is 25.3 Å². The number of carbonyl (C=O) groups excluding carboxylic acids is 3. The van der Waals surface area contributed by atoms with Gasteiger partial charge in [0.1, 0.15) is 12.3 Å². The van der Waals surface area contributed by atoms with Crippen LogP contribution in [0.1, 0.15) is 31.7 Å². The van der Waals surface area contributed by atoms with E-state index in [4.69, 9.17) is 0 Å². The third-order valence-corrected chi connectivity index (χ3v) is 4.57. The van der Waals surface area contributed by atoms with Gasteiger partial charge in [0.25, 0.3) is 5.56 Å². The number of aldehydes is 1. The van der Waals surface area contributed by atoms with Gasteiger partial charge in [0, 0.05) is 43.4 Å². The van der Waals surface area contributed by atoms with E-state index in [2.05, 4.69) is 10.2 Å². The van der Waals surface area contributed by atoms with Gasteiger partial charge in [0.15, 0.2) is 0 Å². The van der Waals surface area contributed by atoms with Crippen molar-refractivity contribution in [3.8, 4) is 0 Å². The Balaban J connectivity index is 1.76. The molecule has 1 N–H and O–H groups in total. The topological polar surface area (TPSA) is 88.5 Å². The lowest BCUT2D eigenvalue weighted by atomic mass is 9.98. The summed E-state index contributed by atoms with van der Waals surface area (Å²) >= 11 is 0. The van der Waals surface area contributed by atoms with Gasteiger partial charge >= 0.3 is 0 Å². The van der Waals surface area contributed by atoms with Crippen molar-refractivity contribution in [2.75, 3.05) is 18.0 Å². The molecule has 0 bridgehead atoms. The molecule has 3 rings (SSSR count). The average Bonchev–Trinajstić information content (AvgIpc) is 2.55. The number of carbonyl (C=O) groups is 3. The Morgan fingerprint density at radius 1 is 1.13 bits per heavy atom. The van der Waals surface area contributed by atoms with Crippen LogP contribution >= 0.6 is 0 Å². The lowest BCUT2D eigenvalue weighted by Gasteiger charge is -2.31. The second-order valence-electron chi connectivity index (χ2n) is 6.06. The highest BCUT2D eigenvalue weighted by Crippen LogP contribution is 2.22. The summed E-state index contributed by atoms with van der Waals surface area (Å²) in [6.07, 6.45) is 4.78. The monoisotopic (exact) mass is 317 g/mol. The second kappa shape index (κ2) is 6.36. The Morgan fingerprint density at radius 2 is 1.87 bits per heavy atom. The van der Waals surface area contributed by atoms with E-state index < -0.39 is 11.9 Å². The van der Waals surface area contributed by atoms with Gasteiger partial charge in [0.05, 0.1) is 0 Å². The van der Waals surface area contributed by atoms with Crippen LogP contribution in [0.15, 0.2) is 23.1 Å². The van der Waals surface area contributed by atoms with E-state index in [0.717, 1.165) is 37.9 Å². The van der Waals surface area contributed by atoms with E-state index in [1.54, 1.807) is 6.20 Å². The van der Waals surface area contributed by atoms with Crippen LogP contribution in [0, 0.1) is 5.92 Å². The van der Waals surface area contributed by atoms with Gasteiger partial charge in [-0.25, -0.2) is 0 Å². The molecule has 2 aliphatic heterocycles. The molecule has 2 saturated heterocycles. The summed E-state index contributed by atoms with van der Waals surface area (Å²) in [4.78, 5) is 48.3. The normalized spacial score (nSPS) is 22.8. The molecule has 0 spiro atoms. The lowest BCUT2D eigenvalue weighted by Crippen LogP contribution is -2.44. The van der Waals surface area contributed by atoms with Crippen LogP contribution < -0.4 is 15.8 Å². The minimum Gasteiger partial charge on any atom is -0.371 e. The quantitative estimate of drug-likeness (QED) is 0.637. The summed E-state index contributed by atoms with van der Waals surface area (Å²) in [7, 11) is 0. The number of rotatable bonds is 3. The number of anilines is 1. The van der Waals surface area contributed by atoms with Crippen molar-refractivity contribution in [1.29, 1.82) is 0 Å². The maximum absolute atomic E-state index is 12.3. The minimum absolute atomic E-state index is 0.107. The Labute approximate surface area is 133 Å². The zero-order valence-electron chi connectivity index (χ0n) is 12.7. The minimum atomic E-state index is -0.630. The molecule has 2 amide bonds. The molecular weight excluding hydrogens is 298 g/mol. The van der Waals surface area contributed by atoms with Crippen molar-refractivity contribution >= 4 is 23.8 Å². The van der Waals surface area contributed by atoms with Crippen LogP contribution in [0.2, 0.25) is 0 Å². The fraction of sp³-hybridized carbons (Fsp3) is 0.500. The van der Waals surface area contributed by atoms with Crippen molar-refractivity contribution < 1.29 is 14.4 Å². The molecule has 0 aromatic carbocycles. The third-order valence-electron chi connectivity index (χ3n) is 4.57. The maximum Gasteiger partial charge on any atom is 0.253 e.